The highest BCUT2D eigenvalue weighted by Gasteiger charge is 2.32. The molecule has 1 heterocycles. The highest BCUT2D eigenvalue weighted by atomic mass is 15.2. The zero-order chi connectivity index (χ0) is 9.97. The molecule has 1 saturated heterocycles. The molecular weight excluding hydrogens is 172 g/mol. The molecule has 2 aliphatic rings. The standard InChI is InChI=1S/C12H24N2/c1-10-6-8-14(9-7-10)12-5-3-4-11(12)13-2/h10-13H,3-9H2,1-2H3. The van der Waals surface area contributed by atoms with Crippen LogP contribution in [0, 0.1) is 5.92 Å². The van der Waals surface area contributed by atoms with Crippen LogP contribution in [0.4, 0.5) is 0 Å². The van der Waals surface area contributed by atoms with Crippen molar-refractivity contribution in [2.75, 3.05) is 20.1 Å². The molecule has 0 radical (unpaired) electrons. The molecule has 1 saturated carbocycles. The number of nitrogens with zero attached hydrogens (tertiary/aromatic N) is 1. The second-order valence-electron chi connectivity index (χ2n) is 5.11. The third-order valence-electron chi connectivity index (χ3n) is 4.14. The van der Waals surface area contributed by atoms with Crippen molar-refractivity contribution in [3.05, 3.63) is 0 Å². The Balaban J connectivity index is 1.88. The quantitative estimate of drug-likeness (QED) is 0.725. The lowest BCUT2D eigenvalue weighted by Gasteiger charge is -2.37. The van der Waals surface area contributed by atoms with Crippen LogP contribution in [0.1, 0.15) is 39.0 Å². The Bertz CT molecular complexity index is 173. The molecule has 1 aliphatic heterocycles. The molecule has 0 bridgehead atoms. The minimum atomic E-state index is 0.767. The minimum absolute atomic E-state index is 0.767. The Labute approximate surface area is 88.1 Å². The van der Waals surface area contributed by atoms with Gasteiger partial charge in [0.05, 0.1) is 0 Å². The van der Waals surface area contributed by atoms with Crippen LogP contribution < -0.4 is 5.32 Å². The number of hydrogen-bond donors (Lipinski definition) is 1. The van der Waals surface area contributed by atoms with Gasteiger partial charge in [-0.2, -0.15) is 0 Å². The number of likely N-dealkylation sites (N-methyl/N-ethyl adjacent to an activating group) is 1. The molecule has 14 heavy (non-hydrogen) atoms. The number of nitrogens with one attached hydrogen (secondary N) is 1. The zero-order valence-electron chi connectivity index (χ0n) is 9.63. The fourth-order valence-electron chi connectivity index (χ4n) is 3.07. The SMILES string of the molecule is CNC1CCCC1N1CCC(C)CC1. The Kier molecular flexibility index (Phi) is 3.45. The van der Waals surface area contributed by atoms with Gasteiger partial charge >= 0.3 is 0 Å². The van der Waals surface area contributed by atoms with Gasteiger partial charge in [-0.05, 0) is 51.7 Å². The smallest absolute Gasteiger partial charge is 0.0249 e. The lowest BCUT2D eigenvalue weighted by atomic mass is 9.97. The molecule has 2 fully saturated rings. The molecule has 2 unspecified atom stereocenters. The number of hydrogen-bond acceptors (Lipinski definition) is 2. The molecule has 2 rings (SSSR count). The maximum atomic E-state index is 3.48. The van der Waals surface area contributed by atoms with Gasteiger partial charge in [0.15, 0.2) is 0 Å². The van der Waals surface area contributed by atoms with Crippen molar-refractivity contribution >= 4 is 0 Å². The van der Waals surface area contributed by atoms with Crippen LogP contribution in [0.15, 0.2) is 0 Å². The van der Waals surface area contributed by atoms with Crippen molar-refractivity contribution in [3.8, 4) is 0 Å². The van der Waals surface area contributed by atoms with E-state index in [0.29, 0.717) is 0 Å². The highest BCUT2D eigenvalue weighted by molar-refractivity contribution is 4.90. The van der Waals surface area contributed by atoms with Crippen LogP contribution in [0.3, 0.4) is 0 Å². The first kappa shape index (κ1) is 10.4. The summed E-state index contributed by atoms with van der Waals surface area (Å²) in [5, 5.41) is 3.48. The Morgan fingerprint density at radius 1 is 1.07 bits per heavy atom. The summed E-state index contributed by atoms with van der Waals surface area (Å²) in [6.45, 7) is 5.07. The van der Waals surface area contributed by atoms with Crippen molar-refractivity contribution in [1.82, 2.24) is 10.2 Å². The summed E-state index contributed by atoms with van der Waals surface area (Å²) in [4.78, 5) is 2.73. The van der Waals surface area contributed by atoms with Crippen LogP contribution in [0.25, 0.3) is 0 Å². The second kappa shape index (κ2) is 4.63. The predicted octanol–water partition coefficient (Wildman–Crippen LogP) is 1.86. The maximum Gasteiger partial charge on any atom is 0.0249 e. The molecule has 0 amide bonds. The van der Waals surface area contributed by atoms with E-state index in [-0.39, 0.29) is 0 Å². The fraction of sp³-hybridized carbons (Fsp3) is 1.00. The molecule has 2 atom stereocenters. The van der Waals surface area contributed by atoms with Gasteiger partial charge in [-0.25, -0.2) is 0 Å². The molecule has 82 valence electrons. The molecule has 1 aliphatic carbocycles. The average molecular weight is 196 g/mol. The van der Waals surface area contributed by atoms with E-state index in [0.717, 1.165) is 18.0 Å². The topological polar surface area (TPSA) is 15.3 Å². The molecule has 1 N–H and O–H groups in total. The van der Waals surface area contributed by atoms with Crippen LogP contribution in [0.2, 0.25) is 0 Å². The van der Waals surface area contributed by atoms with Crippen molar-refractivity contribution in [2.24, 2.45) is 5.92 Å². The van der Waals surface area contributed by atoms with E-state index in [1.54, 1.807) is 0 Å². The van der Waals surface area contributed by atoms with Crippen molar-refractivity contribution < 1.29 is 0 Å². The highest BCUT2D eigenvalue weighted by Crippen LogP contribution is 2.27. The van der Waals surface area contributed by atoms with E-state index < -0.39 is 0 Å². The van der Waals surface area contributed by atoms with Crippen molar-refractivity contribution in [1.29, 1.82) is 0 Å². The molecule has 0 aromatic carbocycles. The third-order valence-corrected chi connectivity index (χ3v) is 4.14. The molecule has 2 nitrogen and oxygen atoms in total. The maximum absolute atomic E-state index is 3.48. The monoisotopic (exact) mass is 196 g/mol. The predicted molar refractivity (Wildman–Crippen MR) is 60.5 cm³/mol. The van der Waals surface area contributed by atoms with Crippen molar-refractivity contribution in [2.45, 2.75) is 51.1 Å². The van der Waals surface area contributed by atoms with Gasteiger partial charge in [0.1, 0.15) is 0 Å². The molecule has 2 heteroatoms. The van der Waals surface area contributed by atoms with E-state index in [9.17, 15) is 0 Å². The Hall–Kier alpha value is -0.0800. The first-order chi connectivity index (χ1) is 6.81. The first-order valence-corrected chi connectivity index (χ1v) is 6.22. The van der Waals surface area contributed by atoms with Gasteiger partial charge in [-0.3, -0.25) is 4.90 Å². The summed E-state index contributed by atoms with van der Waals surface area (Å²) in [7, 11) is 2.12. The van der Waals surface area contributed by atoms with E-state index in [1.165, 1.54) is 45.2 Å². The summed E-state index contributed by atoms with van der Waals surface area (Å²) in [6, 6.07) is 1.61. The third kappa shape index (κ3) is 2.12. The van der Waals surface area contributed by atoms with Crippen LogP contribution in [-0.2, 0) is 0 Å². The molecule has 0 aromatic rings. The summed E-state index contributed by atoms with van der Waals surface area (Å²) < 4.78 is 0. The molecule has 0 spiro atoms. The number of likely N-dealkylation sites (tertiary alicyclic amines) is 1. The van der Waals surface area contributed by atoms with Gasteiger partial charge < -0.3 is 5.32 Å². The molecule has 0 aromatic heterocycles. The fourth-order valence-corrected chi connectivity index (χ4v) is 3.07. The minimum Gasteiger partial charge on any atom is -0.315 e. The zero-order valence-corrected chi connectivity index (χ0v) is 9.63. The summed E-state index contributed by atoms with van der Waals surface area (Å²) in [6.07, 6.45) is 7.04. The average Bonchev–Trinajstić information content (AvgIpc) is 2.67. The Morgan fingerprint density at radius 2 is 1.79 bits per heavy atom. The van der Waals surface area contributed by atoms with Crippen LogP contribution in [0.5, 0.6) is 0 Å². The van der Waals surface area contributed by atoms with Gasteiger partial charge in [0, 0.05) is 12.1 Å². The Morgan fingerprint density at radius 3 is 2.43 bits per heavy atom. The van der Waals surface area contributed by atoms with Gasteiger partial charge in [0.2, 0.25) is 0 Å². The second-order valence-corrected chi connectivity index (χ2v) is 5.11. The normalized spacial score (nSPS) is 36.4. The molecular formula is C12H24N2. The van der Waals surface area contributed by atoms with Crippen LogP contribution in [-0.4, -0.2) is 37.1 Å². The van der Waals surface area contributed by atoms with Gasteiger partial charge in [-0.15, -0.1) is 0 Å². The van der Waals surface area contributed by atoms with Gasteiger partial charge in [-0.1, -0.05) is 13.3 Å². The van der Waals surface area contributed by atoms with Crippen LogP contribution >= 0.6 is 0 Å². The van der Waals surface area contributed by atoms with E-state index in [1.807, 2.05) is 0 Å². The summed E-state index contributed by atoms with van der Waals surface area (Å²) >= 11 is 0. The van der Waals surface area contributed by atoms with E-state index in [2.05, 4.69) is 24.2 Å². The lowest BCUT2D eigenvalue weighted by Crippen LogP contribution is -2.48. The number of rotatable bonds is 2. The van der Waals surface area contributed by atoms with Gasteiger partial charge in [0.25, 0.3) is 0 Å². The lowest BCUT2D eigenvalue weighted by molar-refractivity contribution is 0.124. The largest absolute Gasteiger partial charge is 0.315 e. The summed E-state index contributed by atoms with van der Waals surface area (Å²) in [5.74, 6) is 0.959. The number of piperidine rings is 1. The van der Waals surface area contributed by atoms with Crippen molar-refractivity contribution in [3.63, 3.8) is 0 Å². The van der Waals surface area contributed by atoms with E-state index >= 15 is 0 Å². The first-order valence-electron chi connectivity index (χ1n) is 6.22. The summed E-state index contributed by atoms with van der Waals surface area (Å²) in [5.41, 5.74) is 0. The van der Waals surface area contributed by atoms with E-state index in [4.69, 9.17) is 0 Å².